The molecule has 2 heterocycles. The van der Waals surface area contributed by atoms with Gasteiger partial charge in [0.15, 0.2) is 29.0 Å². The van der Waals surface area contributed by atoms with E-state index in [1.807, 2.05) is 0 Å². The van der Waals surface area contributed by atoms with E-state index in [0.717, 1.165) is 38.2 Å². The molecule has 11 heteroatoms. The number of nitrogens with one attached hydrogen (secondary N) is 1. The number of nitrogens with zero attached hydrogens (tertiary/aromatic N) is 3. The number of fused-ring (bicyclic) bond motifs is 1. The van der Waals surface area contributed by atoms with Crippen molar-refractivity contribution in [3.8, 4) is 23.0 Å². The molecular weight excluding hydrogens is 531 g/mol. The van der Waals surface area contributed by atoms with Gasteiger partial charge in [0, 0.05) is 29.4 Å². The first-order valence-electron chi connectivity index (χ1n) is 13.6. The van der Waals surface area contributed by atoms with Gasteiger partial charge in [-0.1, -0.05) is 6.42 Å². The molecule has 41 heavy (non-hydrogen) atoms. The van der Waals surface area contributed by atoms with E-state index in [1.54, 1.807) is 25.1 Å². The van der Waals surface area contributed by atoms with Crippen LogP contribution in [-0.4, -0.2) is 65.3 Å². The van der Waals surface area contributed by atoms with E-state index in [4.69, 9.17) is 14.2 Å². The van der Waals surface area contributed by atoms with Crippen molar-refractivity contribution >= 4 is 40.7 Å². The van der Waals surface area contributed by atoms with Crippen LogP contribution in [0.15, 0.2) is 42.6 Å². The second kappa shape index (κ2) is 11.9. The van der Waals surface area contributed by atoms with Crippen molar-refractivity contribution in [2.75, 3.05) is 26.1 Å². The number of halogens is 1. The Bertz CT molecular complexity index is 1530. The van der Waals surface area contributed by atoms with Crippen LogP contribution in [0.2, 0.25) is 0 Å². The average molecular weight is 564 g/mol. The topological polar surface area (TPSA) is 110 Å². The number of amides is 4. The van der Waals surface area contributed by atoms with Crippen molar-refractivity contribution in [1.82, 2.24) is 9.88 Å². The lowest BCUT2D eigenvalue weighted by molar-refractivity contribution is -0.432. The molecule has 1 fully saturated rings. The van der Waals surface area contributed by atoms with Crippen LogP contribution < -0.4 is 19.5 Å². The molecule has 0 bridgehead atoms. The Hall–Kier alpha value is -4.54. The number of imide groups is 1. The molecule has 1 aromatic heterocycles. The molecule has 1 aliphatic carbocycles. The summed E-state index contributed by atoms with van der Waals surface area (Å²) in [7, 11) is 3.03. The molecule has 1 atom stereocenters. The third kappa shape index (κ3) is 5.57. The monoisotopic (exact) mass is 563 g/mol. The van der Waals surface area contributed by atoms with E-state index in [0.29, 0.717) is 34.7 Å². The predicted molar refractivity (Wildman–Crippen MR) is 149 cm³/mol. The molecule has 0 spiro atoms. The van der Waals surface area contributed by atoms with Crippen molar-refractivity contribution in [3.63, 3.8) is 0 Å². The van der Waals surface area contributed by atoms with E-state index in [9.17, 15) is 14.4 Å². The standard InChI is InChI=1S/C30H31FN4O6/c1-4-34-17-21(29(37)35(30(34)38)19-8-6-5-7-9-19)28(36)33-18-10-11-25(22(31)14-18)41-24-12-13-32-23-16-27(40-3)26(39-2)15-20(23)24/h10-17,19,21H,4-9H2,1-3H3/p+1. The molecular formula is C30H32FN4O6+. The smallest absolute Gasteiger partial charge is 0.493 e. The minimum absolute atomic E-state index is 0.0724. The van der Waals surface area contributed by atoms with Crippen molar-refractivity contribution < 1.29 is 37.6 Å². The van der Waals surface area contributed by atoms with Gasteiger partial charge in [0.2, 0.25) is 5.91 Å². The Labute approximate surface area is 236 Å². The molecule has 0 radical (unpaired) electrons. The average Bonchev–Trinajstić information content (AvgIpc) is 2.98. The summed E-state index contributed by atoms with van der Waals surface area (Å²) in [6.07, 6.45) is 7.26. The number of hydrogen-bond donors (Lipinski definition) is 1. The van der Waals surface area contributed by atoms with E-state index in [1.165, 1.54) is 48.2 Å². The lowest BCUT2D eigenvalue weighted by atomic mass is 9.92. The summed E-state index contributed by atoms with van der Waals surface area (Å²) in [4.78, 5) is 45.1. The fourth-order valence-electron chi connectivity index (χ4n) is 5.32. The largest absolute Gasteiger partial charge is 0.500 e. The Balaban J connectivity index is 1.35. The maximum atomic E-state index is 15.2. The first kappa shape index (κ1) is 28.0. The van der Waals surface area contributed by atoms with E-state index >= 15 is 4.39 Å². The maximum absolute atomic E-state index is 15.2. The van der Waals surface area contributed by atoms with Crippen LogP contribution in [0.4, 0.5) is 14.9 Å². The number of pyridine rings is 1. The minimum atomic E-state index is -1.20. The Morgan fingerprint density at radius 2 is 1.76 bits per heavy atom. The third-order valence-corrected chi connectivity index (χ3v) is 7.47. The molecule has 214 valence electrons. The van der Waals surface area contributed by atoms with Gasteiger partial charge in [0.05, 0.1) is 32.5 Å². The van der Waals surface area contributed by atoms with Gasteiger partial charge in [-0.05, 0) is 56.9 Å². The lowest BCUT2D eigenvalue weighted by Gasteiger charge is -2.30. The van der Waals surface area contributed by atoms with E-state index in [-0.39, 0.29) is 17.5 Å². The molecule has 0 saturated heterocycles. The van der Waals surface area contributed by atoms with Gasteiger partial charge in [0.25, 0.3) is 0 Å². The van der Waals surface area contributed by atoms with E-state index < -0.39 is 29.6 Å². The molecule has 1 aliphatic heterocycles. The van der Waals surface area contributed by atoms with Crippen molar-refractivity contribution in [2.24, 2.45) is 5.92 Å². The SMILES string of the molecule is CC[N+]1=CC(C(=O)Nc2ccc(Oc3ccnc4cc(OC)c(OC)cc34)c(F)c2)C(=O)N(C2CCCCC2)C1=O. The van der Waals surface area contributed by atoms with E-state index in [2.05, 4.69) is 10.3 Å². The molecule has 10 nitrogen and oxygen atoms in total. The number of ether oxygens (including phenoxy) is 3. The highest BCUT2D eigenvalue weighted by Crippen LogP contribution is 2.37. The highest BCUT2D eigenvalue weighted by Gasteiger charge is 2.49. The van der Waals surface area contributed by atoms with Gasteiger partial charge in [-0.3, -0.25) is 9.78 Å². The van der Waals surface area contributed by atoms with Gasteiger partial charge in [0.1, 0.15) is 11.8 Å². The normalized spacial score (nSPS) is 17.8. The van der Waals surface area contributed by atoms with Crippen LogP contribution in [0.3, 0.4) is 0 Å². The fraction of sp³-hybridized carbons (Fsp3) is 0.367. The summed E-state index contributed by atoms with van der Waals surface area (Å²) in [6.45, 7) is 2.10. The summed E-state index contributed by atoms with van der Waals surface area (Å²) < 4.78 is 33.1. The quantitative estimate of drug-likeness (QED) is 0.299. The van der Waals surface area contributed by atoms with Gasteiger partial charge in [-0.15, -0.1) is 0 Å². The number of carbonyl (C=O) groups excluding carboxylic acids is 3. The van der Waals surface area contributed by atoms with Crippen molar-refractivity contribution in [1.29, 1.82) is 0 Å². The summed E-state index contributed by atoms with van der Waals surface area (Å²) in [5.74, 6) is -1.88. The number of hydrogen-bond acceptors (Lipinski definition) is 7. The number of aromatic nitrogens is 1. The second-order valence-corrected chi connectivity index (χ2v) is 9.97. The zero-order valence-corrected chi connectivity index (χ0v) is 23.2. The molecule has 2 aromatic carbocycles. The van der Waals surface area contributed by atoms with Gasteiger partial charge in [-0.2, -0.15) is 9.69 Å². The molecule has 4 amide bonds. The fourth-order valence-corrected chi connectivity index (χ4v) is 5.32. The molecule has 1 unspecified atom stereocenters. The Morgan fingerprint density at radius 3 is 2.44 bits per heavy atom. The maximum Gasteiger partial charge on any atom is 0.500 e. The molecule has 1 saturated carbocycles. The van der Waals surface area contributed by atoms with Gasteiger partial charge >= 0.3 is 11.9 Å². The minimum Gasteiger partial charge on any atom is -0.493 e. The summed E-state index contributed by atoms with van der Waals surface area (Å²) in [6, 6.07) is 8.37. The first-order valence-corrected chi connectivity index (χ1v) is 13.6. The number of urea groups is 1. The second-order valence-electron chi connectivity index (χ2n) is 9.97. The third-order valence-electron chi connectivity index (χ3n) is 7.47. The number of anilines is 1. The number of methoxy groups -OCH3 is 2. The number of benzene rings is 2. The molecule has 5 rings (SSSR count). The van der Waals surface area contributed by atoms with Gasteiger partial charge in [-0.25, -0.2) is 13.8 Å². The lowest BCUT2D eigenvalue weighted by Crippen LogP contribution is -2.57. The highest BCUT2D eigenvalue weighted by molar-refractivity contribution is 6.20. The van der Waals surface area contributed by atoms with Crippen LogP contribution in [0, 0.1) is 11.7 Å². The van der Waals surface area contributed by atoms with Crippen LogP contribution >= 0.6 is 0 Å². The molecule has 3 aromatic rings. The predicted octanol–water partition coefficient (Wildman–Crippen LogP) is 5.14. The zero-order chi connectivity index (χ0) is 29.1. The molecule has 1 N–H and O–H groups in total. The number of rotatable bonds is 8. The zero-order valence-electron chi connectivity index (χ0n) is 23.2. The summed E-state index contributed by atoms with van der Waals surface area (Å²) in [5, 5.41) is 3.21. The van der Waals surface area contributed by atoms with Crippen LogP contribution in [-0.2, 0) is 9.59 Å². The Morgan fingerprint density at radius 1 is 1.02 bits per heavy atom. The summed E-state index contributed by atoms with van der Waals surface area (Å²) in [5.41, 5.74) is 0.718. The highest BCUT2D eigenvalue weighted by atomic mass is 19.1. The number of carbonyl (C=O) groups is 3. The molecule has 2 aliphatic rings. The van der Waals surface area contributed by atoms with Crippen LogP contribution in [0.5, 0.6) is 23.0 Å². The van der Waals surface area contributed by atoms with Crippen LogP contribution in [0.1, 0.15) is 39.0 Å². The first-order chi connectivity index (χ1) is 19.8. The Kier molecular flexibility index (Phi) is 8.14. The van der Waals surface area contributed by atoms with Crippen molar-refractivity contribution in [2.45, 2.75) is 45.1 Å². The van der Waals surface area contributed by atoms with Crippen molar-refractivity contribution in [3.05, 3.63) is 48.4 Å². The van der Waals surface area contributed by atoms with Gasteiger partial charge < -0.3 is 19.5 Å². The van der Waals surface area contributed by atoms with Crippen LogP contribution in [0.25, 0.3) is 10.9 Å². The summed E-state index contributed by atoms with van der Waals surface area (Å²) >= 11 is 0.